The van der Waals surface area contributed by atoms with Gasteiger partial charge in [0, 0.05) is 56.5 Å². The molecule has 188 valence electrons. The largest absolute Gasteiger partial charge is 0.497 e. The summed E-state index contributed by atoms with van der Waals surface area (Å²) >= 11 is 0. The predicted molar refractivity (Wildman–Crippen MR) is 137 cm³/mol. The zero-order chi connectivity index (χ0) is 25.1. The fourth-order valence-electron chi connectivity index (χ4n) is 4.20. The van der Waals surface area contributed by atoms with E-state index in [1.807, 2.05) is 23.1 Å². The maximum atomic E-state index is 12.9. The van der Waals surface area contributed by atoms with Crippen molar-refractivity contribution in [3.63, 3.8) is 0 Å². The minimum absolute atomic E-state index is 0. The van der Waals surface area contributed by atoms with Gasteiger partial charge >= 0.3 is 0 Å². The number of amides is 1. The molecule has 0 aliphatic carbocycles. The molecule has 3 heterocycles. The molecule has 0 saturated carbocycles. The van der Waals surface area contributed by atoms with Gasteiger partial charge in [-0.1, -0.05) is 0 Å². The Morgan fingerprint density at radius 1 is 1.11 bits per heavy atom. The molecule has 11 heteroatoms. The van der Waals surface area contributed by atoms with Crippen molar-refractivity contribution in [2.45, 2.75) is 11.3 Å². The second-order valence-electron chi connectivity index (χ2n) is 8.36. The molecule has 0 bridgehead atoms. The van der Waals surface area contributed by atoms with E-state index in [4.69, 9.17) is 9.15 Å². The molecule has 0 atom stereocenters. The van der Waals surface area contributed by atoms with Gasteiger partial charge in [0.2, 0.25) is 5.91 Å². The van der Waals surface area contributed by atoms with Gasteiger partial charge in [0.1, 0.15) is 23.5 Å². The number of methoxy groups -OCH3 is 1. The number of furan rings is 1. The molecule has 4 aromatic rings. The Bertz CT molecular complexity index is 1470. The van der Waals surface area contributed by atoms with Crippen molar-refractivity contribution in [1.29, 1.82) is 0 Å². The van der Waals surface area contributed by atoms with Crippen molar-refractivity contribution >= 4 is 38.4 Å². The second-order valence-corrected chi connectivity index (χ2v) is 10.0. The van der Waals surface area contributed by atoms with Crippen molar-refractivity contribution in [1.82, 2.24) is 14.9 Å². The van der Waals surface area contributed by atoms with Crippen LogP contribution in [0.3, 0.4) is 0 Å². The molecule has 1 fully saturated rings. The van der Waals surface area contributed by atoms with E-state index in [0.717, 1.165) is 16.6 Å². The molecule has 2 aromatic heterocycles. The number of anilines is 2. The van der Waals surface area contributed by atoms with Gasteiger partial charge in [-0.05, 0) is 42.5 Å². The molecule has 0 radical (unpaired) electrons. The lowest BCUT2D eigenvalue weighted by Crippen LogP contribution is -2.49. The molecule has 1 N–H and O–H groups in total. The molecule has 10 nitrogen and oxygen atoms in total. The maximum Gasteiger partial charge on any atom is 0.263 e. The van der Waals surface area contributed by atoms with Gasteiger partial charge in [-0.25, -0.2) is 18.4 Å². The summed E-state index contributed by atoms with van der Waals surface area (Å²) in [6.07, 6.45) is 4.64. The van der Waals surface area contributed by atoms with Gasteiger partial charge in [-0.3, -0.25) is 9.52 Å². The number of nitrogens with one attached hydrogen (secondary N) is 1. The van der Waals surface area contributed by atoms with E-state index < -0.39 is 10.0 Å². The van der Waals surface area contributed by atoms with Crippen LogP contribution in [0.2, 0.25) is 0 Å². The van der Waals surface area contributed by atoms with Gasteiger partial charge in [0.05, 0.1) is 24.7 Å². The van der Waals surface area contributed by atoms with E-state index in [2.05, 4.69) is 19.6 Å². The maximum absolute atomic E-state index is 12.9. The highest BCUT2D eigenvalue weighted by molar-refractivity contribution is 7.92. The fourth-order valence-corrected chi connectivity index (χ4v) is 5.21. The highest BCUT2D eigenvalue weighted by Crippen LogP contribution is 2.27. The molecule has 1 saturated heterocycles. The van der Waals surface area contributed by atoms with Crippen molar-refractivity contribution < 1.29 is 23.8 Å². The third-order valence-corrected chi connectivity index (χ3v) is 7.54. The summed E-state index contributed by atoms with van der Waals surface area (Å²) in [5.41, 5.74) is 2.45. The Morgan fingerprint density at radius 2 is 1.89 bits per heavy atom. The van der Waals surface area contributed by atoms with Crippen molar-refractivity contribution in [2.75, 3.05) is 42.9 Å². The van der Waals surface area contributed by atoms with Crippen LogP contribution in [0.5, 0.6) is 5.75 Å². The van der Waals surface area contributed by atoms with Crippen LogP contribution in [0.25, 0.3) is 11.0 Å². The van der Waals surface area contributed by atoms with Gasteiger partial charge in [0.15, 0.2) is 0 Å². The summed E-state index contributed by atoms with van der Waals surface area (Å²) in [6.45, 7) is 2.47. The summed E-state index contributed by atoms with van der Waals surface area (Å²) < 4.78 is 38.5. The molecule has 0 unspecified atom stereocenters. The molecule has 36 heavy (non-hydrogen) atoms. The number of fused-ring (bicyclic) bond motifs is 1. The average Bonchev–Trinajstić information content (AvgIpc) is 3.31. The Balaban J connectivity index is 0.00000320. The number of aromatic nitrogens is 2. The lowest BCUT2D eigenvalue weighted by molar-refractivity contribution is -0.130. The SMILES string of the molecule is COc1ccc2c(CC(=O)N3CCN(c4ccc(S(=O)(=O)Nc5ccncn5)cc4)CC3)coc2c1.[HH]. The first kappa shape index (κ1) is 23.6. The first-order valence-electron chi connectivity index (χ1n) is 11.4. The highest BCUT2D eigenvalue weighted by atomic mass is 32.2. The van der Waals surface area contributed by atoms with E-state index in [-0.39, 0.29) is 24.5 Å². The lowest BCUT2D eigenvalue weighted by Gasteiger charge is -2.36. The minimum atomic E-state index is -3.75. The minimum Gasteiger partial charge on any atom is -0.497 e. The summed E-state index contributed by atoms with van der Waals surface area (Å²) in [7, 11) is -2.15. The molecule has 0 spiro atoms. The normalized spacial score (nSPS) is 14.1. The van der Waals surface area contributed by atoms with Gasteiger partial charge < -0.3 is 19.0 Å². The van der Waals surface area contributed by atoms with Crippen LogP contribution in [-0.2, 0) is 21.2 Å². The van der Waals surface area contributed by atoms with Crippen LogP contribution in [0.4, 0.5) is 11.5 Å². The topological polar surface area (TPSA) is 118 Å². The summed E-state index contributed by atoms with van der Waals surface area (Å²) in [5.74, 6) is 0.960. The number of ether oxygens (including phenoxy) is 1. The van der Waals surface area contributed by atoms with Crippen molar-refractivity contribution in [2.24, 2.45) is 0 Å². The summed E-state index contributed by atoms with van der Waals surface area (Å²) in [6, 6.07) is 13.7. The van der Waals surface area contributed by atoms with Crippen LogP contribution in [0, 0.1) is 0 Å². The average molecular weight is 510 g/mol. The summed E-state index contributed by atoms with van der Waals surface area (Å²) in [5, 5.41) is 0.909. The standard InChI is InChI=1S/C25H25N5O5S.H2/c1-34-20-4-7-22-18(16-35-23(22)15-20)14-25(31)30-12-10-29(11-13-30)19-2-5-21(6-3-19)36(32,33)28-24-8-9-26-17-27-24;/h2-9,15-17H,10-14H2,1H3,(H,26,27,28);1H. The molecule has 1 aliphatic rings. The summed E-state index contributed by atoms with van der Waals surface area (Å²) in [4.78, 5) is 24.7. The number of hydrogen-bond donors (Lipinski definition) is 1. The van der Waals surface area contributed by atoms with Gasteiger partial charge in [0.25, 0.3) is 10.0 Å². The van der Waals surface area contributed by atoms with Crippen LogP contribution in [-0.4, -0.2) is 62.5 Å². The molecule has 1 amide bonds. The Labute approximate surface area is 210 Å². The quantitative estimate of drug-likeness (QED) is 0.404. The lowest BCUT2D eigenvalue weighted by atomic mass is 10.1. The smallest absolute Gasteiger partial charge is 0.263 e. The molecular formula is C25H27N5O5S. The number of carbonyl (C=O) groups excluding carboxylic acids is 1. The third kappa shape index (κ3) is 4.96. The number of benzene rings is 2. The Morgan fingerprint density at radius 3 is 2.58 bits per heavy atom. The zero-order valence-corrected chi connectivity index (χ0v) is 20.4. The number of hydrogen-bond acceptors (Lipinski definition) is 8. The fraction of sp³-hybridized carbons (Fsp3) is 0.240. The zero-order valence-electron chi connectivity index (χ0n) is 19.6. The van der Waals surface area contributed by atoms with Gasteiger partial charge in [-0.15, -0.1) is 0 Å². The predicted octanol–water partition coefficient (Wildman–Crippen LogP) is 3.17. The van der Waals surface area contributed by atoms with E-state index in [9.17, 15) is 13.2 Å². The van der Waals surface area contributed by atoms with Crippen molar-refractivity contribution in [3.8, 4) is 5.75 Å². The molecule has 5 rings (SSSR count). The Kier molecular flexibility index (Phi) is 6.47. The number of carbonyl (C=O) groups is 1. The third-order valence-electron chi connectivity index (χ3n) is 6.17. The Hall–Kier alpha value is -4.12. The van der Waals surface area contributed by atoms with Crippen LogP contribution in [0.15, 0.2) is 76.6 Å². The van der Waals surface area contributed by atoms with Crippen LogP contribution in [0.1, 0.15) is 6.99 Å². The first-order chi connectivity index (χ1) is 17.4. The number of sulfonamides is 1. The number of piperazine rings is 1. The molecule has 1 aliphatic heterocycles. The number of nitrogens with zero attached hydrogens (tertiary/aromatic N) is 4. The number of rotatable bonds is 7. The van der Waals surface area contributed by atoms with Gasteiger partial charge in [-0.2, -0.15) is 0 Å². The van der Waals surface area contributed by atoms with E-state index in [0.29, 0.717) is 37.5 Å². The van der Waals surface area contributed by atoms with E-state index in [1.165, 1.54) is 18.6 Å². The van der Waals surface area contributed by atoms with Crippen LogP contribution >= 0.6 is 0 Å². The molecule has 2 aromatic carbocycles. The van der Waals surface area contributed by atoms with Crippen LogP contribution < -0.4 is 14.4 Å². The van der Waals surface area contributed by atoms with E-state index >= 15 is 0 Å². The van der Waals surface area contributed by atoms with Crippen molar-refractivity contribution in [3.05, 3.63) is 72.9 Å². The second kappa shape index (κ2) is 9.86. The van der Waals surface area contributed by atoms with E-state index in [1.54, 1.807) is 37.6 Å². The highest BCUT2D eigenvalue weighted by Gasteiger charge is 2.23. The molecular weight excluding hydrogens is 482 g/mol. The first-order valence-corrected chi connectivity index (χ1v) is 12.9. The monoisotopic (exact) mass is 509 g/mol.